The zero-order valence-corrected chi connectivity index (χ0v) is 18.4. The number of hydrazone groups is 1. The first kappa shape index (κ1) is 20.5. The van der Waals surface area contributed by atoms with Crippen LogP contribution in [0, 0.1) is 0 Å². The van der Waals surface area contributed by atoms with Crippen LogP contribution in [0.1, 0.15) is 22.9 Å². The third kappa shape index (κ3) is 4.37. The first-order chi connectivity index (χ1) is 14.7. The van der Waals surface area contributed by atoms with Gasteiger partial charge in [0.1, 0.15) is 0 Å². The van der Waals surface area contributed by atoms with Gasteiger partial charge in [-0.05, 0) is 41.3 Å². The number of carbonyl (C=O) groups is 1. The van der Waals surface area contributed by atoms with Crippen LogP contribution in [0.5, 0.6) is 11.5 Å². The fraction of sp³-hybridized carbons (Fsp3) is 0.217. The fourth-order valence-corrected chi connectivity index (χ4v) is 4.87. The molecule has 0 aliphatic carbocycles. The van der Waals surface area contributed by atoms with Crippen LogP contribution in [0.4, 0.5) is 0 Å². The summed E-state index contributed by atoms with van der Waals surface area (Å²) in [6, 6.07) is 19.6. The van der Waals surface area contributed by atoms with Crippen LogP contribution >= 0.6 is 23.1 Å². The highest BCUT2D eigenvalue weighted by atomic mass is 32.2. The first-order valence-corrected chi connectivity index (χ1v) is 11.4. The number of carbonyl (C=O) groups excluding carboxylic acids is 1. The lowest BCUT2D eigenvalue weighted by atomic mass is 10.0. The van der Waals surface area contributed by atoms with Crippen molar-refractivity contribution in [1.29, 1.82) is 0 Å². The van der Waals surface area contributed by atoms with Gasteiger partial charge in [-0.3, -0.25) is 4.79 Å². The number of amides is 1. The maximum Gasteiger partial charge on any atom is 0.253 e. The van der Waals surface area contributed by atoms with E-state index in [1.54, 1.807) is 30.6 Å². The van der Waals surface area contributed by atoms with Crippen LogP contribution in [0.15, 0.2) is 76.0 Å². The van der Waals surface area contributed by atoms with Crippen molar-refractivity contribution in [2.45, 2.75) is 17.4 Å². The van der Waals surface area contributed by atoms with Gasteiger partial charge >= 0.3 is 0 Å². The zero-order chi connectivity index (χ0) is 20.9. The molecule has 4 rings (SSSR count). The van der Waals surface area contributed by atoms with Gasteiger partial charge in [0.15, 0.2) is 11.5 Å². The van der Waals surface area contributed by atoms with Crippen LogP contribution in [0.25, 0.3) is 0 Å². The van der Waals surface area contributed by atoms with Gasteiger partial charge in [-0.25, -0.2) is 5.01 Å². The number of hydrogen-bond donors (Lipinski definition) is 0. The van der Waals surface area contributed by atoms with Gasteiger partial charge in [0.05, 0.1) is 36.6 Å². The number of benzene rings is 2. The monoisotopic (exact) mass is 438 g/mol. The van der Waals surface area contributed by atoms with Gasteiger partial charge in [0.2, 0.25) is 0 Å². The molecule has 1 aliphatic rings. The molecule has 0 bridgehead atoms. The van der Waals surface area contributed by atoms with Crippen LogP contribution in [-0.4, -0.2) is 36.6 Å². The lowest BCUT2D eigenvalue weighted by Gasteiger charge is -2.23. The largest absolute Gasteiger partial charge is 0.493 e. The van der Waals surface area contributed by atoms with E-state index in [9.17, 15) is 4.79 Å². The Kier molecular flexibility index (Phi) is 6.40. The summed E-state index contributed by atoms with van der Waals surface area (Å²) in [5.74, 6) is 1.62. The molecular weight excluding hydrogens is 416 g/mol. The number of methoxy groups -OCH3 is 2. The van der Waals surface area contributed by atoms with Gasteiger partial charge in [0, 0.05) is 11.3 Å². The lowest BCUT2D eigenvalue weighted by Crippen LogP contribution is -2.28. The molecule has 2 heterocycles. The minimum Gasteiger partial charge on any atom is -0.493 e. The molecule has 5 nitrogen and oxygen atoms in total. The topological polar surface area (TPSA) is 51.1 Å². The third-order valence-electron chi connectivity index (χ3n) is 4.87. The summed E-state index contributed by atoms with van der Waals surface area (Å²) >= 11 is 3.16. The third-order valence-corrected chi connectivity index (χ3v) is 6.79. The SMILES string of the molecule is COc1ccc([C@@H]2CC(c3cccs3)=NN2C(=O)CSc2ccccc2)cc1OC. The molecule has 0 radical (unpaired) electrons. The Labute approximate surface area is 184 Å². The molecule has 154 valence electrons. The number of thioether (sulfide) groups is 1. The maximum atomic E-state index is 13.1. The molecule has 30 heavy (non-hydrogen) atoms. The Bertz CT molecular complexity index is 1040. The average Bonchev–Trinajstić information content (AvgIpc) is 3.48. The van der Waals surface area contributed by atoms with Crippen molar-refractivity contribution in [2.75, 3.05) is 20.0 Å². The second kappa shape index (κ2) is 9.36. The van der Waals surface area contributed by atoms with E-state index in [4.69, 9.17) is 14.6 Å². The predicted molar refractivity (Wildman–Crippen MR) is 122 cm³/mol. The molecule has 1 amide bonds. The summed E-state index contributed by atoms with van der Waals surface area (Å²) in [5, 5.41) is 8.38. The van der Waals surface area contributed by atoms with Gasteiger partial charge in [-0.1, -0.05) is 30.3 Å². The number of ether oxygens (including phenoxy) is 2. The summed E-state index contributed by atoms with van der Waals surface area (Å²) in [7, 11) is 3.23. The molecule has 2 aromatic carbocycles. The normalized spacial score (nSPS) is 15.7. The Hall–Kier alpha value is -2.77. The molecule has 0 fully saturated rings. The van der Waals surface area contributed by atoms with Crippen molar-refractivity contribution in [3.63, 3.8) is 0 Å². The van der Waals surface area contributed by atoms with E-state index in [1.165, 1.54) is 11.8 Å². The smallest absolute Gasteiger partial charge is 0.253 e. The molecule has 1 aromatic heterocycles. The quantitative estimate of drug-likeness (QED) is 0.474. The summed E-state index contributed by atoms with van der Waals surface area (Å²) in [6.07, 6.45) is 0.664. The molecular formula is C23H22N2O3S2. The maximum absolute atomic E-state index is 13.1. The highest BCUT2D eigenvalue weighted by Crippen LogP contribution is 2.38. The van der Waals surface area contributed by atoms with Crippen molar-refractivity contribution in [3.8, 4) is 11.5 Å². The Morgan fingerprint density at radius 3 is 2.60 bits per heavy atom. The molecule has 3 aromatic rings. The number of hydrogen-bond acceptors (Lipinski definition) is 6. The lowest BCUT2D eigenvalue weighted by molar-refractivity contribution is -0.130. The zero-order valence-electron chi connectivity index (χ0n) is 16.8. The van der Waals surface area contributed by atoms with Crippen molar-refractivity contribution >= 4 is 34.7 Å². The van der Waals surface area contributed by atoms with Gasteiger partial charge in [0.25, 0.3) is 5.91 Å². The summed E-state index contributed by atoms with van der Waals surface area (Å²) in [4.78, 5) is 15.3. The molecule has 0 saturated heterocycles. The minimum absolute atomic E-state index is 0.0183. The molecule has 0 unspecified atom stereocenters. The summed E-state index contributed by atoms with van der Waals surface area (Å²) in [6.45, 7) is 0. The first-order valence-electron chi connectivity index (χ1n) is 9.52. The van der Waals surface area contributed by atoms with E-state index in [0.29, 0.717) is 23.7 Å². The second-order valence-corrected chi connectivity index (χ2v) is 8.69. The predicted octanol–water partition coefficient (Wildman–Crippen LogP) is 5.24. The van der Waals surface area contributed by atoms with Gasteiger partial charge in [-0.15, -0.1) is 23.1 Å². The Morgan fingerprint density at radius 2 is 1.90 bits per heavy atom. The highest BCUT2D eigenvalue weighted by molar-refractivity contribution is 8.00. The molecule has 7 heteroatoms. The van der Waals surface area contributed by atoms with E-state index < -0.39 is 0 Å². The standard InChI is InChI=1S/C23H22N2O3S2/c1-27-20-11-10-16(13-21(20)28-2)19-14-18(22-9-6-12-29-22)24-25(19)23(26)15-30-17-7-4-3-5-8-17/h3-13,19H,14-15H2,1-2H3/t19-/m0/s1. The van der Waals surface area contributed by atoms with Crippen molar-refractivity contribution in [3.05, 3.63) is 76.5 Å². The van der Waals surface area contributed by atoms with Crippen LogP contribution in [0.3, 0.4) is 0 Å². The number of nitrogens with zero attached hydrogens (tertiary/aromatic N) is 2. The van der Waals surface area contributed by atoms with E-state index in [1.807, 2.05) is 66.0 Å². The van der Waals surface area contributed by atoms with E-state index in [2.05, 4.69) is 0 Å². The average molecular weight is 439 g/mol. The van der Waals surface area contributed by atoms with Crippen LogP contribution in [0.2, 0.25) is 0 Å². The van der Waals surface area contributed by atoms with Gasteiger partial charge in [-0.2, -0.15) is 5.10 Å². The van der Waals surface area contributed by atoms with E-state index >= 15 is 0 Å². The van der Waals surface area contributed by atoms with Crippen LogP contribution in [-0.2, 0) is 4.79 Å². The Balaban J connectivity index is 1.60. The van der Waals surface area contributed by atoms with Crippen molar-refractivity contribution < 1.29 is 14.3 Å². The van der Waals surface area contributed by atoms with Gasteiger partial charge < -0.3 is 9.47 Å². The molecule has 0 N–H and O–H groups in total. The van der Waals surface area contributed by atoms with Crippen LogP contribution < -0.4 is 9.47 Å². The minimum atomic E-state index is -0.175. The molecule has 1 atom stereocenters. The fourth-order valence-electron chi connectivity index (χ4n) is 3.38. The summed E-state index contributed by atoms with van der Waals surface area (Å²) in [5.41, 5.74) is 1.91. The van der Waals surface area contributed by atoms with E-state index in [0.717, 1.165) is 21.0 Å². The van der Waals surface area contributed by atoms with E-state index in [-0.39, 0.29) is 11.9 Å². The van der Waals surface area contributed by atoms with Crippen molar-refractivity contribution in [1.82, 2.24) is 5.01 Å². The molecule has 0 spiro atoms. The molecule has 1 aliphatic heterocycles. The second-order valence-electron chi connectivity index (χ2n) is 6.70. The van der Waals surface area contributed by atoms with Crippen molar-refractivity contribution in [2.24, 2.45) is 5.10 Å². The Morgan fingerprint density at radius 1 is 1.10 bits per heavy atom. The highest BCUT2D eigenvalue weighted by Gasteiger charge is 2.33. The molecule has 0 saturated carbocycles. The number of rotatable bonds is 7. The number of thiophene rings is 1. The summed E-state index contributed by atoms with van der Waals surface area (Å²) < 4.78 is 10.8.